The molecule has 0 unspecified atom stereocenters. The second kappa shape index (κ2) is 4.05. The average Bonchev–Trinajstić information content (AvgIpc) is 2.69. The highest BCUT2D eigenvalue weighted by molar-refractivity contribution is 6.80. The summed E-state index contributed by atoms with van der Waals surface area (Å²) >= 11 is 0. The van der Waals surface area contributed by atoms with Gasteiger partial charge in [0.1, 0.15) is 0 Å². The van der Waals surface area contributed by atoms with E-state index in [0.29, 0.717) is 0 Å². The van der Waals surface area contributed by atoms with Crippen molar-refractivity contribution >= 4 is 8.07 Å². The summed E-state index contributed by atoms with van der Waals surface area (Å²) in [5.41, 5.74) is 5.24. The molecule has 19 heavy (non-hydrogen) atoms. The number of aliphatic hydroxyl groups is 1. The minimum Gasteiger partial charge on any atom is -0.395 e. The summed E-state index contributed by atoms with van der Waals surface area (Å²) in [6.45, 7) is 7.25. The van der Waals surface area contributed by atoms with E-state index in [1.165, 1.54) is 22.3 Å². The van der Waals surface area contributed by atoms with Gasteiger partial charge in [-0.1, -0.05) is 68.2 Å². The van der Waals surface area contributed by atoms with E-state index in [4.69, 9.17) is 0 Å². The van der Waals surface area contributed by atoms with Gasteiger partial charge in [-0.25, -0.2) is 0 Å². The number of benzene rings is 2. The Balaban J connectivity index is 2.43. The van der Waals surface area contributed by atoms with Gasteiger partial charge in [-0.05, 0) is 22.3 Å². The number of hydrogen-bond acceptors (Lipinski definition) is 1. The third-order valence-corrected chi connectivity index (χ3v) is 7.84. The Morgan fingerprint density at radius 2 is 1.26 bits per heavy atom. The maximum atomic E-state index is 10.3. The zero-order valence-corrected chi connectivity index (χ0v) is 12.8. The molecule has 0 atom stereocenters. The van der Waals surface area contributed by atoms with Crippen LogP contribution in [0.25, 0.3) is 11.1 Å². The second-order valence-corrected chi connectivity index (χ2v) is 11.8. The highest BCUT2D eigenvalue weighted by Crippen LogP contribution is 2.52. The van der Waals surface area contributed by atoms with Crippen molar-refractivity contribution in [1.29, 1.82) is 0 Å². The molecule has 1 aliphatic rings. The standard InChI is InChI=1S/C17H20OSi/c1-19(2,3)17(12-18)15-10-6-4-8-13(15)14-9-5-7-11-16(14)17/h4-11,18H,12H2,1-3H3. The van der Waals surface area contributed by atoms with E-state index in [0.717, 1.165) is 0 Å². The minimum atomic E-state index is -1.63. The van der Waals surface area contributed by atoms with E-state index in [9.17, 15) is 5.11 Å². The van der Waals surface area contributed by atoms with Gasteiger partial charge in [0.2, 0.25) is 0 Å². The van der Waals surface area contributed by atoms with Crippen LogP contribution in [0.15, 0.2) is 48.5 Å². The van der Waals surface area contributed by atoms with E-state index >= 15 is 0 Å². The Bertz CT molecular complexity index is 580. The first-order valence-electron chi connectivity index (χ1n) is 6.82. The van der Waals surface area contributed by atoms with Gasteiger partial charge in [-0.15, -0.1) is 0 Å². The van der Waals surface area contributed by atoms with Crippen LogP contribution in [0.2, 0.25) is 19.6 Å². The lowest BCUT2D eigenvalue weighted by atomic mass is 9.96. The predicted octanol–water partition coefficient (Wildman–Crippen LogP) is 3.82. The van der Waals surface area contributed by atoms with Crippen LogP contribution in [0.5, 0.6) is 0 Å². The van der Waals surface area contributed by atoms with Gasteiger partial charge >= 0.3 is 0 Å². The normalized spacial score (nSPS) is 16.0. The second-order valence-electron chi connectivity index (χ2n) is 6.40. The van der Waals surface area contributed by atoms with Gasteiger partial charge in [0, 0.05) is 5.04 Å². The maximum absolute atomic E-state index is 10.3. The lowest BCUT2D eigenvalue weighted by molar-refractivity contribution is 0.260. The van der Waals surface area contributed by atoms with Gasteiger partial charge in [-0.2, -0.15) is 0 Å². The van der Waals surface area contributed by atoms with E-state index in [1.54, 1.807) is 0 Å². The summed E-state index contributed by atoms with van der Waals surface area (Å²) in [7, 11) is -1.63. The van der Waals surface area contributed by atoms with Crippen LogP contribution in [0.4, 0.5) is 0 Å². The Hall–Kier alpha value is -1.38. The van der Waals surface area contributed by atoms with Crippen molar-refractivity contribution in [3.63, 3.8) is 0 Å². The molecule has 0 radical (unpaired) electrons. The number of aliphatic hydroxyl groups excluding tert-OH is 1. The van der Waals surface area contributed by atoms with Crippen molar-refractivity contribution in [3.05, 3.63) is 59.7 Å². The molecule has 0 fully saturated rings. The molecule has 0 heterocycles. The Kier molecular flexibility index (Phi) is 2.70. The first kappa shape index (κ1) is 12.6. The molecule has 2 aromatic rings. The van der Waals surface area contributed by atoms with Crippen molar-refractivity contribution in [2.75, 3.05) is 6.61 Å². The molecule has 2 heteroatoms. The van der Waals surface area contributed by atoms with E-state index in [-0.39, 0.29) is 11.6 Å². The summed E-state index contributed by atoms with van der Waals surface area (Å²) in [4.78, 5) is 0. The fourth-order valence-corrected chi connectivity index (χ4v) is 6.07. The Morgan fingerprint density at radius 3 is 1.63 bits per heavy atom. The highest BCUT2D eigenvalue weighted by Gasteiger charge is 2.51. The Morgan fingerprint density at radius 1 is 0.842 bits per heavy atom. The average molecular weight is 268 g/mol. The molecule has 98 valence electrons. The van der Waals surface area contributed by atoms with Crippen LogP contribution in [0.3, 0.4) is 0 Å². The molecule has 0 saturated heterocycles. The van der Waals surface area contributed by atoms with Crippen LogP contribution < -0.4 is 0 Å². The first-order chi connectivity index (χ1) is 9.02. The summed E-state index contributed by atoms with van der Waals surface area (Å²) < 4.78 is 0. The molecule has 0 aliphatic heterocycles. The largest absolute Gasteiger partial charge is 0.395 e. The zero-order chi connectivity index (χ0) is 13.7. The predicted molar refractivity (Wildman–Crippen MR) is 83.1 cm³/mol. The molecular weight excluding hydrogens is 248 g/mol. The highest BCUT2D eigenvalue weighted by atomic mass is 28.3. The molecule has 1 N–H and O–H groups in total. The van der Waals surface area contributed by atoms with Crippen molar-refractivity contribution in [2.24, 2.45) is 0 Å². The Labute approximate surface area is 115 Å². The molecule has 3 rings (SSSR count). The molecule has 1 aliphatic carbocycles. The van der Waals surface area contributed by atoms with Gasteiger partial charge in [0.15, 0.2) is 0 Å². The van der Waals surface area contributed by atoms with E-state index in [2.05, 4.69) is 68.2 Å². The smallest absolute Gasteiger partial charge is 0.0642 e. The summed E-state index contributed by atoms with van der Waals surface area (Å²) in [6, 6.07) is 17.1. The minimum absolute atomic E-state index is 0.166. The van der Waals surface area contributed by atoms with Crippen LogP contribution in [0, 0.1) is 0 Å². The zero-order valence-electron chi connectivity index (χ0n) is 11.8. The first-order valence-corrected chi connectivity index (χ1v) is 10.3. The molecule has 0 saturated carbocycles. The SMILES string of the molecule is C[Si](C)(C)C1(CO)c2ccccc2-c2ccccc21. The third kappa shape index (κ3) is 1.50. The van der Waals surface area contributed by atoms with Crippen molar-refractivity contribution in [2.45, 2.75) is 24.7 Å². The molecule has 0 aromatic heterocycles. The van der Waals surface area contributed by atoms with Gasteiger partial charge in [-0.3, -0.25) is 0 Å². The number of hydrogen-bond donors (Lipinski definition) is 1. The maximum Gasteiger partial charge on any atom is 0.0642 e. The fourth-order valence-electron chi connectivity index (χ4n) is 3.54. The quantitative estimate of drug-likeness (QED) is 0.821. The topological polar surface area (TPSA) is 20.2 Å². The molecule has 0 spiro atoms. The van der Waals surface area contributed by atoms with Crippen LogP contribution in [-0.2, 0) is 5.04 Å². The number of rotatable bonds is 2. The van der Waals surface area contributed by atoms with E-state index in [1.807, 2.05) is 0 Å². The fraction of sp³-hybridized carbons (Fsp3) is 0.294. The number of fused-ring (bicyclic) bond motifs is 3. The van der Waals surface area contributed by atoms with Crippen LogP contribution >= 0.6 is 0 Å². The summed E-state index contributed by atoms with van der Waals surface area (Å²) in [5, 5.41) is 10.1. The summed E-state index contributed by atoms with van der Waals surface area (Å²) in [5.74, 6) is 0. The monoisotopic (exact) mass is 268 g/mol. The van der Waals surface area contributed by atoms with Crippen molar-refractivity contribution in [3.8, 4) is 11.1 Å². The van der Waals surface area contributed by atoms with Crippen LogP contribution in [-0.4, -0.2) is 19.8 Å². The summed E-state index contributed by atoms with van der Waals surface area (Å²) in [6.07, 6.45) is 0. The van der Waals surface area contributed by atoms with E-state index < -0.39 is 8.07 Å². The molecule has 0 bridgehead atoms. The molecule has 1 nitrogen and oxygen atoms in total. The van der Waals surface area contributed by atoms with Gasteiger partial charge < -0.3 is 5.11 Å². The van der Waals surface area contributed by atoms with Crippen molar-refractivity contribution < 1.29 is 5.11 Å². The molecule has 0 amide bonds. The van der Waals surface area contributed by atoms with Crippen LogP contribution in [0.1, 0.15) is 11.1 Å². The third-order valence-electron chi connectivity index (χ3n) is 4.58. The van der Waals surface area contributed by atoms with Gasteiger partial charge in [0.25, 0.3) is 0 Å². The van der Waals surface area contributed by atoms with Gasteiger partial charge in [0.05, 0.1) is 14.7 Å². The van der Waals surface area contributed by atoms with Crippen molar-refractivity contribution in [1.82, 2.24) is 0 Å². The molecular formula is C17H20OSi. The lowest BCUT2D eigenvalue weighted by Gasteiger charge is -2.41. The lowest BCUT2D eigenvalue weighted by Crippen LogP contribution is -2.51. The molecule has 2 aromatic carbocycles.